The van der Waals surface area contributed by atoms with E-state index in [0.717, 1.165) is 20.0 Å². The molecule has 0 rings (SSSR count). The van der Waals surface area contributed by atoms with Gasteiger partial charge in [-0.15, -0.1) is 0 Å². The molecule has 0 atom stereocenters. The van der Waals surface area contributed by atoms with Gasteiger partial charge in [0, 0.05) is 6.42 Å². The molecule has 5 nitrogen and oxygen atoms in total. The van der Waals surface area contributed by atoms with Crippen molar-refractivity contribution >= 4 is 17.5 Å². The Hall–Kier alpha value is -1.39. The van der Waals surface area contributed by atoms with Crippen molar-refractivity contribution in [2.45, 2.75) is 96.8 Å². The second-order valence-corrected chi connectivity index (χ2v) is 6.36. The molecule has 0 heterocycles. The average Bonchev–Trinajstić information content (AvgIpc) is 2.59. The number of Topliss-reactive ketones (excluding diaryl/α,β-unsaturated/α-hetero) is 1. The molecule has 0 saturated heterocycles. The van der Waals surface area contributed by atoms with E-state index in [1.165, 1.54) is 64.2 Å². The minimum absolute atomic E-state index is 0.228. The molecule has 5 heteroatoms. The Morgan fingerprint density at radius 3 is 1.58 bits per heavy atom. The molecule has 0 unspecified atom stereocenters. The fourth-order valence-corrected chi connectivity index (χ4v) is 2.73. The van der Waals surface area contributed by atoms with Crippen molar-refractivity contribution in [3.05, 3.63) is 0 Å². The molecule has 0 aromatic heterocycles. The van der Waals surface area contributed by atoms with Crippen molar-refractivity contribution in [1.29, 1.82) is 0 Å². The predicted octanol–water partition coefficient (Wildman–Crippen LogP) is 5.04. The lowest BCUT2D eigenvalue weighted by molar-refractivity contribution is -0.133. The lowest BCUT2D eigenvalue weighted by Crippen LogP contribution is -2.25. The van der Waals surface area contributed by atoms with Crippen LogP contribution in [0, 0.1) is 0 Å². The van der Waals surface area contributed by atoms with Gasteiger partial charge in [0.2, 0.25) is 5.71 Å². The quantitative estimate of drug-likeness (QED) is 0.107. The maximum Gasteiger partial charge on any atom is 0.363 e. The van der Waals surface area contributed by atoms with Crippen LogP contribution in [-0.2, 0) is 14.3 Å². The van der Waals surface area contributed by atoms with Gasteiger partial charge in [0.1, 0.15) is 0 Å². The van der Waals surface area contributed by atoms with Gasteiger partial charge in [-0.1, -0.05) is 89.1 Å². The number of rotatable bonds is 16. The van der Waals surface area contributed by atoms with E-state index in [2.05, 4.69) is 16.8 Å². The van der Waals surface area contributed by atoms with E-state index in [1.807, 2.05) is 0 Å². The minimum Gasteiger partial charge on any atom is -0.464 e. The summed E-state index contributed by atoms with van der Waals surface area (Å²) in [6.07, 6.45) is 16.3. The Morgan fingerprint density at radius 2 is 1.21 bits per heavy atom. The maximum atomic E-state index is 11.7. The average molecular weight is 341 g/mol. The van der Waals surface area contributed by atoms with Gasteiger partial charge in [-0.3, -0.25) is 4.79 Å². The van der Waals surface area contributed by atoms with E-state index in [0.29, 0.717) is 6.42 Å². The fourth-order valence-electron chi connectivity index (χ4n) is 2.73. The number of methoxy groups -OCH3 is 1. The largest absolute Gasteiger partial charge is 0.464 e. The normalized spacial score (nSPS) is 11.5. The molecule has 0 radical (unpaired) electrons. The topological polar surface area (TPSA) is 76.0 Å². The van der Waals surface area contributed by atoms with Gasteiger partial charge >= 0.3 is 5.97 Å². The van der Waals surface area contributed by atoms with Gasteiger partial charge in [0.15, 0.2) is 5.78 Å². The summed E-state index contributed by atoms with van der Waals surface area (Å²) in [4.78, 5) is 22.9. The molecule has 0 bridgehead atoms. The molecule has 0 aliphatic carbocycles. The number of carbonyl (C=O) groups excluding carboxylic acids is 2. The number of hydrogen-bond acceptors (Lipinski definition) is 5. The first kappa shape index (κ1) is 22.6. The highest BCUT2D eigenvalue weighted by Gasteiger charge is 2.21. The SMILES string of the molecule is CCCCCCCCCCCCCCCC(=O)/C(=N\O)C(=O)OC. The molecule has 0 saturated carbocycles. The molecule has 140 valence electrons. The number of carbonyl (C=O) groups is 2. The van der Waals surface area contributed by atoms with Crippen LogP contribution in [-0.4, -0.2) is 29.8 Å². The third kappa shape index (κ3) is 12.1. The molecular weight excluding hydrogens is 306 g/mol. The minimum atomic E-state index is -0.878. The summed E-state index contributed by atoms with van der Waals surface area (Å²) in [7, 11) is 1.16. The van der Waals surface area contributed by atoms with Gasteiger partial charge in [-0.2, -0.15) is 0 Å². The summed E-state index contributed by atoms with van der Waals surface area (Å²) in [5.41, 5.74) is -0.503. The Morgan fingerprint density at radius 1 is 0.792 bits per heavy atom. The van der Waals surface area contributed by atoms with E-state index in [1.54, 1.807) is 0 Å². The molecule has 1 N–H and O–H groups in total. The van der Waals surface area contributed by atoms with Crippen molar-refractivity contribution in [2.24, 2.45) is 5.16 Å². The highest BCUT2D eigenvalue weighted by molar-refractivity contribution is 6.64. The number of hydrogen-bond donors (Lipinski definition) is 1. The first-order chi connectivity index (χ1) is 11.7. The van der Waals surface area contributed by atoms with E-state index in [9.17, 15) is 9.59 Å². The van der Waals surface area contributed by atoms with Crippen LogP contribution in [0.5, 0.6) is 0 Å². The summed E-state index contributed by atoms with van der Waals surface area (Å²) >= 11 is 0. The summed E-state index contributed by atoms with van der Waals surface area (Å²) in [5.74, 6) is -1.33. The van der Waals surface area contributed by atoms with Crippen LogP contribution < -0.4 is 0 Å². The standard InChI is InChI=1S/C19H35NO4/c1-3-4-5-6-7-8-9-10-11-12-13-14-15-16-17(21)18(20-23)19(22)24-2/h23H,3-16H2,1-2H3/b20-18+. The van der Waals surface area contributed by atoms with Crippen LogP contribution in [0.1, 0.15) is 96.8 Å². The second kappa shape index (κ2) is 16.5. The summed E-state index contributed by atoms with van der Waals surface area (Å²) in [5, 5.41) is 11.4. The number of unbranched alkanes of at least 4 members (excludes halogenated alkanes) is 12. The van der Waals surface area contributed by atoms with Crippen LogP contribution in [0.3, 0.4) is 0 Å². The molecule has 0 amide bonds. The zero-order chi connectivity index (χ0) is 18.0. The molecule has 0 spiro atoms. The van der Waals surface area contributed by atoms with Gasteiger partial charge < -0.3 is 9.94 Å². The van der Waals surface area contributed by atoms with Crippen LogP contribution in [0.15, 0.2) is 5.16 Å². The van der Waals surface area contributed by atoms with E-state index >= 15 is 0 Å². The van der Waals surface area contributed by atoms with Gasteiger partial charge in [-0.25, -0.2) is 4.79 Å². The zero-order valence-electron chi connectivity index (χ0n) is 15.5. The molecule has 0 aliphatic rings. The van der Waals surface area contributed by atoms with Crippen molar-refractivity contribution in [2.75, 3.05) is 7.11 Å². The number of esters is 1. The molecule has 0 aliphatic heterocycles. The van der Waals surface area contributed by atoms with Gasteiger partial charge in [0.05, 0.1) is 7.11 Å². The highest BCUT2D eigenvalue weighted by Crippen LogP contribution is 2.13. The summed E-state index contributed by atoms with van der Waals surface area (Å²) in [6, 6.07) is 0. The second-order valence-electron chi connectivity index (χ2n) is 6.36. The van der Waals surface area contributed by atoms with Crippen molar-refractivity contribution in [3.8, 4) is 0 Å². The number of oxime groups is 1. The van der Waals surface area contributed by atoms with Crippen LogP contribution in [0.4, 0.5) is 0 Å². The lowest BCUT2D eigenvalue weighted by atomic mass is 10.0. The lowest BCUT2D eigenvalue weighted by Gasteiger charge is -2.03. The van der Waals surface area contributed by atoms with Gasteiger partial charge in [-0.05, 0) is 6.42 Å². The van der Waals surface area contributed by atoms with Crippen molar-refractivity contribution in [1.82, 2.24) is 0 Å². The third-order valence-electron chi connectivity index (χ3n) is 4.25. The zero-order valence-corrected chi connectivity index (χ0v) is 15.5. The monoisotopic (exact) mass is 341 g/mol. The van der Waals surface area contributed by atoms with Crippen LogP contribution in [0.25, 0.3) is 0 Å². The Balaban J connectivity index is 3.42. The van der Waals surface area contributed by atoms with Crippen molar-refractivity contribution < 1.29 is 19.5 Å². The Bertz CT molecular complexity index is 366. The number of ether oxygens (including phenoxy) is 1. The van der Waals surface area contributed by atoms with E-state index in [4.69, 9.17) is 5.21 Å². The van der Waals surface area contributed by atoms with Gasteiger partial charge in [0.25, 0.3) is 0 Å². The molecule has 0 aromatic carbocycles. The predicted molar refractivity (Wildman–Crippen MR) is 96.6 cm³/mol. The molecule has 0 aromatic rings. The molecular formula is C19H35NO4. The smallest absolute Gasteiger partial charge is 0.363 e. The van der Waals surface area contributed by atoms with E-state index < -0.39 is 17.5 Å². The summed E-state index contributed by atoms with van der Waals surface area (Å²) < 4.78 is 4.39. The fraction of sp³-hybridized carbons (Fsp3) is 0.842. The van der Waals surface area contributed by atoms with Crippen LogP contribution >= 0.6 is 0 Å². The van der Waals surface area contributed by atoms with Crippen molar-refractivity contribution in [3.63, 3.8) is 0 Å². The van der Waals surface area contributed by atoms with E-state index in [-0.39, 0.29) is 6.42 Å². The summed E-state index contributed by atoms with van der Waals surface area (Å²) in [6.45, 7) is 2.24. The number of ketones is 1. The molecule has 24 heavy (non-hydrogen) atoms. The maximum absolute atomic E-state index is 11.7. The highest BCUT2D eigenvalue weighted by atomic mass is 16.5. The Labute approximate surface area is 146 Å². The Kier molecular flexibility index (Phi) is 15.5. The van der Waals surface area contributed by atoms with Crippen LogP contribution in [0.2, 0.25) is 0 Å². The first-order valence-corrected chi connectivity index (χ1v) is 9.50. The molecule has 0 fully saturated rings. The number of nitrogens with zero attached hydrogens (tertiary/aromatic N) is 1. The first-order valence-electron chi connectivity index (χ1n) is 9.50. The third-order valence-corrected chi connectivity index (χ3v) is 4.25.